The average Bonchev–Trinajstić information content (AvgIpc) is 2.48. The van der Waals surface area contributed by atoms with Crippen molar-refractivity contribution >= 4 is 23.4 Å². The maximum Gasteiger partial charge on any atom is 0.335 e. The second kappa shape index (κ2) is 7.04. The summed E-state index contributed by atoms with van der Waals surface area (Å²) in [6, 6.07) is 12.5. The van der Waals surface area contributed by atoms with Crippen molar-refractivity contribution in [3.05, 3.63) is 53.6 Å². The fourth-order valence-corrected chi connectivity index (χ4v) is 2.79. The van der Waals surface area contributed by atoms with Gasteiger partial charge in [-0.1, -0.05) is 12.1 Å². The van der Waals surface area contributed by atoms with Crippen LogP contribution in [0.3, 0.4) is 0 Å². The molecule has 2 aromatic rings. The number of thioether (sulfide) groups is 1. The van der Waals surface area contributed by atoms with E-state index < -0.39 is 5.97 Å². The molecule has 110 valence electrons. The van der Waals surface area contributed by atoms with Gasteiger partial charge >= 0.3 is 5.97 Å². The molecule has 0 spiro atoms. The SMILES string of the molecule is CCOc1ccc(N)c(SCc2cccc(C(=O)O)c2)c1. The highest BCUT2D eigenvalue weighted by Crippen LogP contribution is 2.31. The molecule has 3 N–H and O–H groups in total. The first-order valence-electron chi connectivity index (χ1n) is 6.57. The largest absolute Gasteiger partial charge is 0.494 e. The van der Waals surface area contributed by atoms with Crippen molar-refractivity contribution < 1.29 is 14.6 Å². The second-order valence-corrected chi connectivity index (χ2v) is 5.44. The first-order valence-corrected chi connectivity index (χ1v) is 7.56. The summed E-state index contributed by atoms with van der Waals surface area (Å²) < 4.78 is 5.46. The maximum atomic E-state index is 11.0. The third-order valence-corrected chi connectivity index (χ3v) is 4.01. The quantitative estimate of drug-likeness (QED) is 0.629. The fraction of sp³-hybridized carbons (Fsp3) is 0.188. The van der Waals surface area contributed by atoms with Gasteiger partial charge in [0.2, 0.25) is 0 Å². The van der Waals surface area contributed by atoms with Crippen LogP contribution in [-0.2, 0) is 5.75 Å². The summed E-state index contributed by atoms with van der Waals surface area (Å²) in [6.45, 7) is 2.54. The Balaban J connectivity index is 2.10. The molecule has 2 rings (SSSR count). The van der Waals surface area contributed by atoms with E-state index in [2.05, 4.69) is 0 Å². The zero-order chi connectivity index (χ0) is 15.2. The molecule has 21 heavy (non-hydrogen) atoms. The van der Waals surface area contributed by atoms with Gasteiger partial charge in [-0.15, -0.1) is 11.8 Å². The number of carbonyl (C=O) groups is 1. The highest BCUT2D eigenvalue weighted by molar-refractivity contribution is 7.98. The molecule has 0 saturated carbocycles. The number of nitrogens with two attached hydrogens (primary N) is 1. The average molecular weight is 303 g/mol. The van der Waals surface area contributed by atoms with Gasteiger partial charge in [0.15, 0.2) is 0 Å². The molecular formula is C16H17NO3S. The lowest BCUT2D eigenvalue weighted by Crippen LogP contribution is -1.97. The number of hydrogen-bond donors (Lipinski definition) is 2. The van der Waals surface area contributed by atoms with Crippen LogP contribution in [-0.4, -0.2) is 17.7 Å². The first-order chi connectivity index (χ1) is 10.1. The molecular weight excluding hydrogens is 286 g/mol. The molecule has 0 aliphatic heterocycles. The Morgan fingerprint density at radius 1 is 1.29 bits per heavy atom. The van der Waals surface area contributed by atoms with Crippen LogP contribution in [0.25, 0.3) is 0 Å². The molecule has 0 bridgehead atoms. The third-order valence-electron chi connectivity index (χ3n) is 2.86. The number of ether oxygens (including phenoxy) is 1. The van der Waals surface area contributed by atoms with Gasteiger partial charge in [-0.3, -0.25) is 0 Å². The van der Waals surface area contributed by atoms with Crippen molar-refractivity contribution in [3.8, 4) is 5.75 Å². The monoisotopic (exact) mass is 303 g/mol. The molecule has 0 aromatic heterocycles. The number of rotatable bonds is 6. The Morgan fingerprint density at radius 2 is 2.10 bits per heavy atom. The Kier molecular flexibility index (Phi) is 5.11. The topological polar surface area (TPSA) is 72.5 Å². The normalized spacial score (nSPS) is 10.3. The molecule has 0 saturated heterocycles. The van der Waals surface area contributed by atoms with E-state index >= 15 is 0 Å². The summed E-state index contributed by atoms with van der Waals surface area (Å²) in [5.41, 5.74) is 7.89. The van der Waals surface area contributed by atoms with Gasteiger partial charge in [0.1, 0.15) is 5.75 Å². The maximum absolute atomic E-state index is 11.0. The molecule has 0 aliphatic rings. The van der Waals surface area contributed by atoms with Gasteiger partial charge in [-0.2, -0.15) is 0 Å². The molecule has 0 radical (unpaired) electrons. The lowest BCUT2D eigenvalue weighted by Gasteiger charge is -2.09. The molecule has 2 aromatic carbocycles. The number of benzene rings is 2. The highest BCUT2D eigenvalue weighted by Gasteiger charge is 2.06. The van der Waals surface area contributed by atoms with E-state index in [-0.39, 0.29) is 0 Å². The number of hydrogen-bond acceptors (Lipinski definition) is 4. The summed E-state index contributed by atoms with van der Waals surface area (Å²) in [5.74, 6) is 0.522. The lowest BCUT2D eigenvalue weighted by atomic mass is 10.1. The van der Waals surface area contributed by atoms with Gasteiger partial charge < -0.3 is 15.6 Å². The van der Waals surface area contributed by atoms with Crippen LogP contribution < -0.4 is 10.5 Å². The number of carboxylic acids is 1. The predicted octanol–water partition coefficient (Wildman–Crippen LogP) is 3.66. The minimum Gasteiger partial charge on any atom is -0.494 e. The Bertz CT molecular complexity index is 643. The fourth-order valence-electron chi connectivity index (χ4n) is 1.85. The van der Waals surface area contributed by atoms with Crippen molar-refractivity contribution in [2.75, 3.05) is 12.3 Å². The predicted molar refractivity (Wildman–Crippen MR) is 85.0 cm³/mol. The van der Waals surface area contributed by atoms with E-state index in [1.54, 1.807) is 30.0 Å². The van der Waals surface area contributed by atoms with E-state index in [0.717, 1.165) is 16.2 Å². The van der Waals surface area contributed by atoms with Crippen molar-refractivity contribution in [2.45, 2.75) is 17.6 Å². The van der Waals surface area contributed by atoms with E-state index in [4.69, 9.17) is 15.6 Å². The van der Waals surface area contributed by atoms with E-state index in [1.165, 1.54) is 0 Å². The van der Waals surface area contributed by atoms with E-state index in [9.17, 15) is 4.79 Å². The number of carboxylic acid groups (broad SMARTS) is 1. The molecule has 0 atom stereocenters. The van der Waals surface area contributed by atoms with Gasteiger partial charge in [-0.25, -0.2) is 4.79 Å². The van der Waals surface area contributed by atoms with E-state index in [1.807, 2.05) is 31.2 Å². The molecule has 0 heterocycles. The molecule has 0 amide bonds. The number of anilines is 1. The summed E-state index contributed by atoms with van der Waals surface area (Å²) in [5, 5.41) is 8.99. The van der Waals surface area contributed by atoms with Crippen molar-refractivity contribution in [2.24, 2.45) is 0 Å². The van der Waals surface area contributed by atoms with Gasteiger partial charge in [0, 0.05) is 16.3 Å². The Labute approximate surface area is 127 Å². The van der Waals surface area contributed by atoms with Crippen molar-refractivity contribution in [1.29, 1.82) is 0 Å². The summed E-state index contributed by atoms with van der Waals surface area (Å²) in [4.78, 5) is 11.9. The molecule has 5 heteroatoms. The number of aromatic carboxylic acids is 1. The minimum absolute atomic E-state index is 0.295. The molecule has 0 fully saturated rings. The van der Waals surface area contributed by atoms with Crippen LogP contribution in [0, 0.1) is 0 Å². The standard InChI is InChI=1S/C16H17NO3S/c1-2-20-13-6-7-14(17)15(9-13)21-10-11-4-3-5-12(8-11)16(18)19/h3-9H,2,10,17H2,1H3,(H,18,19). The van der Waals surface area contributed by atoms with Crippen LogP contribution in [0.5, 0.6) is 5.75 Å². The van der Waals surface area contributed by atoms with Crippen LogP contribution >= 0.6 is 11.8 Å². The lowest BCUT2D eigenvalue weighted by molar-refractivity contribution is 0.0697. The second-order valence-electron chi connectivity index (χ2n) is 4.43. The van der Waals surface area contributed by atoms with Crippen LogP contribution in [0.1, 0.15) is 22.8 Å². The smallest absolute Gasteiger partial charge is 0.335 e. The molecule has 0 unspecified atom stereocenters. The van der Waals surface area contributed by atoms with Gasteiger partial charge in [0.05, 0.1) is 12.2 Å². The van der Waals surface area contributed by atoms with Crippen molar-refractivity contribution in [3.63, 3.8) is 0 Å². The molecule has 4 nitrogen and oxygen atoms in total. The van der Waals surface area contributed by atoms with Gasteiger partial charge in [0.25, 0.3) is 0 Å². The summed E-state index contributed by atoms with van der Waals surface area (Å²) in [6.07, 6.45) is 0. The zero-order valence-electron chi connectivity index (χ0n) is 11.7. The highest BCUT2D eigenvalue weighted by atomic mass is 32.2. The van der Waals surface area contributed by atoms with Crippen LogP contribution in [0.2, 0.25) is 0 Å². The van der Waals surface area contributed by atoms with Crippen LogP contribution in [0.4, 0.5) is 5.69 Å². The first kappa shape index (κ1) is 15.3. The van der Waals surface area contributed by atoms with Gasteiger partial charge in [-0.05, 0) is 42.8 Å². The Morgan fingerprint density at radius 3 is 2.81 bits per heavy atom. The van der Waals surface area contributed by atoms with Crippen molar-refractivity contribution in [1.82, 2.24) is 0 Å². The van der Waals surface area contributed by atoms with E-state index in [0.29, 0.717) is 23.6 Å². The Hall–Kier alpha value is -2.14. The zero-order valence-corrected chi connectivity index (χ0v) is 12.5. The summed E-state index contributed by atoms with van der Waals surface area (Å²) >= 11 is 1.56. The molecule has 0 aliphatic carbocycles. The minimum atomic E-state index is -0.917. The number of nitrogen functional groups attached to an aromatic ring is 1. The summed E-state index contributed by atoms with van der Waals surface area (Å²) in [7, 11) is 0. The third kappa shape index (κ3) is 4.16. The van der Waals surface area contributed by atoms with Crippen LogP contribution in [0.15, 0.2) is 47.4 Å².